The fraction of sp³-hybridized carbons (Fsp3) is 0.550. The van der Waals surface area contributed by atoms with E-state index in [2.05, 4.69) is 28.7 Å². The number of anilines is 1. The molecule has 4 heterocycles. The van der Waals surface area contributed by atoms with Crippen molar-refractivity contribution in [3.63, 3.8) is 0 Å². The van der Waals surface area contributed by atoms with Crippen LogP contribution in [0.25, 0.3) is 16.2 Å². The first kappa shape index (κ1) is 21.0. The minimum atomic E-state index is -0.776. The number of aliphatic hydroxyl groups is 2. The highest BCUT2D eigenvalue weighted by Gasteiger charge is 2.32. The number of aliphatic hydroxyl groups excluding tert-OH is 1. The third kappa shape index (κ3) is 4.00. The topological polar surface area (TPSA) is 122 Å². The molecule has 0 aromatic carbocycles. The highest BCUT2D eigenvalue weighted by Crippen LogP contribution is 2.34. The van der Waals surface area contributed by atoms with Gasteiger partial charge in [-0.3, -0.25) is 0 Å². The maximum atomic E-state index is 10.4. The Morgan fingerprint density at radius 1 is 1.30 bits per heavy atom. The van der Waals surface area contributed by atoms with E-state index < -0.39 is 5.60 Å². The number of nitrogens with zero attached hydrogens (tertiary/aromatic N) is 5. The Hall–Kier alpha value is -2.27. The Kier molecular flexibility index (Phi) is 5.92. The molecule has 1 saturated heterocycles. The van der Waals surface area contributed by atoms with Gasteiger partial charge in [-0.1, -0.05) is 25.2 Å². The van der Waals surface area contributed by atoms with E-state index in [4.69, 9.17) is 15.6 Å². The van der Waals surface area contributed by atoms with Crippen molar-refractivity contribution in [2.24, 2.45) is 5.73 Å². The predicted octanol–water partition coefficient (Wildman–Crippen LogP) is 1.64. The van der Waals surface area contributed by atoms with Crippen molar-refractivity contribution in [2.45, 2.75) is 38.2 Å². The maximum Gasteiger partial charge on any atom is 0.223 e. The van der Waals surface area contributed by atoms with Crippen molar-refractivity contribution < 1.29 is 14.9 Å². The summed E-state index contributed by atoms with van der Waals surface area (Å²) in [4.78, 5) is 12.1. The molecular weight excluding hydrogens is 404 g/mol. The summed E-state index contributed by atoms with van der Waals surface area (Å²) in [6, 6.07) is 3.95. The number of aromatic nitrogens is 4. The van der Waals surface area contributed by atoms with Crippen LogP contribution in [0.1, 0.15) is 38.3 Å². The first-order valence-electron chi connectivity index (χ1n) is 10.2. The summed E-state index contributed by atoms with van der Waals surface area (Å²) in [5.74, 6) is 0.732. The highest BCUT2D eigenvalue weighted by atomic mass is 32.1. The van der Waals surface area contributed by atoms with Gasteiger partial charge in [0, 0.05) is 25.3 Å². The lowest BCUT2D eigenvalue weighted by Gasteiger charge is -2.37. The van der Waals surface area contributed by atoms with Crippen molar-refractivity contribution >= 4 is 21.4 Å². The average Bonchev–Trinajstić information content (AvgIpc) is 3.33. The number of ether oxygens (including phenoxy) is 1. The second-order valence-electron chi connectivity index (χ2n) is 7.95. The van der Waals surface area contributed by atoms with Crippen molar-refractivity contribution in [1.82, 2.24) is 19.6 Å². The molecule has 1 aliphatic rings. The monoisotopic (exact) mass is 432 g/mol. The van der Waals surface area contributed by atoms with Gasteiger partial charge in [-0.05, 0) is 30.9 Å². The fourth-order valence-electron chi connectivity index (χ4n) is 3.54. The number of nitrogens with two attached hydrogens (primary N) is 1. The van der Waals surface area contributed by atoms with Gasteiger partial charge in [0.1, 0.15) is 6.61 Å². The zero-order chi connectivity index (χ0) is 21.3. The standard InChI is InChI=1S/C20H28N6O3S/c1-13(2)15-4-3-14(17(23-15)29-10-9-27)16-11-22-18-26(16)24-19(30-18)25-7-5-20(28,12-21)6-8-25/h3-4,11,13,27-28H,5-10,12,21H2,1-2H3. The zero-order valence-electron chi connectivity index (χ0n) is 17.3. The molecule has 0 atom stereocenters. The quantitative estimate of drug-likeness (QED) is 0.515. The minimum absolute atomic E-state index is 0.0835. The SMILES string of the molecule is CC(C)c1ccc(-c2cnc3sc(N4CCC(O)(CN)CC4)nn23)c(OCCO)n1. The molecule has 162 valence electrons. The molecule has 0 unspecified atom stereocenters. The summed E-state index contributed by atoms with van der Waals surface area (Å²) in [5, 5.41) is 25.2. The number of piperidine rings is 1. The van der Waals surface area contributed by atoms with Gasteiger partial charge in [-0.2, -0.15) is 0 Å². The summed E-state index contributed by atoms with van der Waals surface area (Å²) in [7, 11) is 0. The van der Waals surface area contributed by atoms with Gasteiger partial charge in [0.05, 0.1) is 29.7 Å². The van der Waals surface area contributed by atoms with Crippen LogP contribution in [-0.4, -0.2) is 68.2 Å². The van der Waals surface area contributed by atoms with Crippen LogP contribution < -0.4 is 15.4 Å². The van der Waals surface area contributed by atoms with Gasteiger partial charge in [-0.15, -0.1) is 5.10 Å². The van der Waals surface area contributed by atoms with E-state index in [-0.39, 0.29) is 25.7 Å². The molecule has 1 aliphatic heterocycles. The molecule has 3 aromatic rings. The van der Waals surface area contributed by atoms with Crippen LogP contribution in [0.15, 0.2) is 18.3 Å². The van der Waals surface area contributed by atoms with Gasteiger partial charge in [0.15, 0.2) is 0 Å². The fourth-order valence-corrected chi connectivity index (χ4v) is 4.46. The molecule has 0 amide bonds. The Bertz CT molecular complexity index is 1010. The van der Waals surface area contributed by atoms with Crippen molar-refractivity contribution in [1.29, 1.82) is 0 Å². The molecule has 1 fully saturated rings. The van der Waals surface area contributed by atoms with Crippen LogP contribution in [0.3, 0.4) is 0 Å². The Morgan fingerprint density at radius 2 is 2.07 bits per heavy atom. The maximum absolute atomic E-state index is 10.4. The molecular formula is C20H28N6O3S. The molecule has 3 aromatic heterocycles. The van der Waals surface area contributed by atoms with Gasteiger partial charge in [-0.25, -0.2) is 14.5 Å². The zero-order valence-corrected chi connectivity index (χ0v) is 18.1. The lowest BCUT2D eigenvalue weighted by Crippen LogP contribution is -2.48. The largest absolute Gasteiger partial charge is 0.475 e. The first-order chi connectivity index (χ1) is 14.4. The summed E-state index contributed by atoms with van der Waals surface area (Å²) in [6.07, 6.45) is 3.01. The normalized spacial score (nSPS) is 16.5. The lowest BCUT2D eigenvalue weighted by atomic mass is 9.92. The van der Waals surface area contributed by atoms with Gasteiger partial charge in [0.2, 0.25) is 16.0 Å². The first-order valence-corrected chi connectivity index (χ1v) is 11.0. The Labute approximate surface area is 179 Å². The molecule has 10 heteroatoms. The lowest BCUT2D eigenvalue weighted by molar-refractivity contribution is 0.0249. The molecule has 0 spiro atoms. The molecule has 9 nitrogen and oxygen atoms in total. The minimum Gasteiger partial charge on any atom is -0.475 e. The summed E-state index contributed by atoms with van der Waals surface area (Å²) >= 11 is 1.51. The van der Waals surface area contributed by atoms with E-state index in [9.17, 15) is 10.2 Å². The number of imidazole rings is 1. The summed E-state index contributed by atoms with van der Waals surface area (Å²) < 4.78 is 7.54. The molecule has 0 aliphatic carbocycles. The molecule has 0 saturated carbocycles. The smallest absolute Gasteiger partial charge is 0.223 e. The second kappa shape index (κ2) is 8.46. The van der Waals surface area contributed by atoms with E-state index >= 15 is 0 Å². The van der Waals surface area contributed by atoms with Crippen LogP contribution in [0.2, 0.25) is 0 Å². The summed E-state index contributed by atoms with van der Waals surface area (Å²) in [5.41, 5.74) is 7.42. The number of hydrogen-bond donors (Lipinski definition) is 3. The summed E-state index contributed by atoms with van der Waals surface area (Å²) in [6.45, 7) is 5.92. The number of rotatable bonds is 7. The van der Waals surface area contributed by atoms with E-state index in [0.29, 0.717) is 31.8 Å². The van der Waals surface area contributed by atoms with E-state index in [0.717, 1.165) is 27.0 Å². The number of pyridine rings is 1. The third-order valence-corrected chi connectivity index (χ3v) is 6.48. The third-order valence-electron chi connectivity index (χ3n) is 5.50. The van der Waals surface area contributed by atoms with E-state index in [1.165, 1.54) is 11.3 Å². The van der Waals surface area contributed by atoms with Crippen LogP contribution in [-0.2, 0) is 0 Å². The van der Waals surface area contributed by atoms with Crippen molar-refractivity contribution in [3.05, 3.63) is 24.0 Å². The van der Waals surface area contributed by atoms with Gasteiger partial charge >= 0.3 is 0 Å². The van der Waals surface area contributed by atoms with Crippen molar-refractivity contribution in [2.75, 3.05) is 37.7 Å². The molecule has 30 heavy (non-hydrogen) atoms. The Morgan fingerprint density at radius 3 is 2.73 bits per heavy atom. The van der Waals surface area contributed by atoms with Crippen LogP contribution in [0.4, 0.5) is 5.13 Å². The molecule has 0 radical (unpaired) electrons. The van der Waals surface area contributed by atoms with E-state index in [1.54, 1.807) is 6.20 Å². The van der Waals surface area contributed by atoms with E-state index in [1.807, 2.05) is 16.6 Å². The van der Waals surface area contributed by atoms with Crippen molar-refractivity contribution in [3.8, 4) is 17.1 Å². The predicted molar refractivity (Wildman–Crippen MR) is 116 cm³/mol. The highest BCUT2D eigenvalue weighted by molar-refractivity contribution is 7.20. The van der Waals surface area contributed by atoms with Crippen LogP contribution >= 0.6 is 11.3 Å². The van der Waals surface area contributed by atoms with Crippen LogP contribution in [0, 0.1) is 0 Å². The van der Waals surface area contributed by atoms with Gasteiger partial charge < -0.3 is 25.6 Å². The van der Waals surface area contributed by atoms with Gasteiger partial charge in [0.25, 0.3) is 0 Å². The molecule has 4 rings (SSSR count). The van der Waals surface area contributed by atoms with Crippen LogP contribution in [0.5, 0.6) is 5.88 Å². The molecule has 0 bridgehead atoms. The second-order valence-corrected chi connectivity index (χ2v) is 8.89. The molecule has 4 N–H and O–H groups in total. The number of fused-ring (bicyclic) bond motifs is 1. The number of hydrogen-bond acceptors (Lipinski definition) is 9. The Balaban J connectivity index is 1.66. The average molecular weight is 433 g/mol.